The number of aryl methyl sites for hydroxylation is 1. The predicted octanol–water partition coefficient (Wildman–Crippen LogP) is 1.49. The van der Waals surface area contributed by atoms with Crippen LogP contribution in [0.5, 0.6) is 0 Å². The molecule has 0 bridgehead atoms. The number of amides is 1. The highest BCUT2D eigenvalue weighted by atomic mass is 16.3. The fraction of sp³-hybridized carbons (Fsp3) is 0.200. The van der Waals surface area contributed by atoms with Crippen LogP contribution in [0.1, 0.15) is 22.8 Å². The van der Waals surface area contributed by atoms with Gasteiger partial charge in [-0.15, -0.1) is 0 Å². The summed E-state index contributed by atoms with van der Waals surface area (Å²) in [6.07, 6.45) is 3.96. The average molecular weight is 190 g/mol. The highest BCUT2D eigenvalue weighted by molar-refractivity contribution is 6.03. The number of primary amides is 1. The number of carbonyl (C=O) groups excluding carboxylic acids is 1. The highest BCUT2D eigenvalue weighted by Crippen LogP contribution is 2.19. The molecule has 72 valence electrons. The van der Waals surface area contributed by atoms with Gasteiger partial charge in [0, 0.05) is 6.20 Å². The standard InChI is InChI=1S/C10H10N2O2/c1-2-6-3-8-9(12-4-6)7(5-14-8)10(11)13/h3-5H,2H2,1H3,(H2,11,13). The van der Waals surface area contributed by atoms with Gasteiger partial charge in [-0.2, -0.15) is 0 Å². The van der Waals surface area contributed by atoms with Gasteiger partial charge in [0.2, 0.25) is 0 Å². The molecular formula is C10H10N2O2. The maximum Gasteiger partial charge on any atom is 0.254 e. The van der Waals surface area contributed by atoms with E-state index in [0.717, 1.165) is 12.0 Å². The first-order chi connectivity index (χ1) is 6.72. The first-order valence-corrected chi connectivity index (χ1v) is 4.38. The molecule has 0 aliphatic heterocycles. The Hall–Kier alpha value is -1.84. The van der Waals surface area contributed by atoms with Crippen molar-refractivity contribution < 1.29 is 9.21 Å². The molecule has 2 aromatic rings. The van der Waals surface area contributed by atoms with Crippen LogP contribution in [-0.2, 0) is 6.42 Å². The molecule has 0 spiro atoms. The normalized spacial score (nSPS) is 10.6. The summed E-state index contributed by atoms with van der Waals surface area (Å²) >= 11 is 0. The van der Waals surface area contributed by atoms with Gasteiger partial charge < -0.3 is 10.2 Å². The Morgan fingerprint density at radius 1 is 1.64 bits per heavy atom. The SMILES string of the molecule is CCc1cnc2c(C(N)=O)coc2c1. The monoisotopic (exact) mass is 190 g/mol. The molecule has 4 heteroatoms. The number of fused-ring (bicyclic) bond motifs is 1. The third-order valence-corrected chi connectivity index (χ3v) is 2.14. The minimum atomic E-state index is -0.513. The largest absolute Gasteiger partial charge is 0.462 e. The van der Waals surface area contributed by atoms with Crippen LogP contribution in [0, 0.1) is 0 Å². The summed E-state index contributed by atoms with van der Waals surface area (Å²) < 4.78 is 5.19. The Bertz CT molecular complexity index is 488. The van der Waals surface area contributed by atoms with Gasteiger partial charge in [-0.25, -0.2) is 0 Å². The summed E-state index contributed by atoms with van der Waals surface area (Å²) in [5.74, 6) is -0.513. The summed E-state index contributed by atoms with van der Waals surface area (Å²) in [5.41, 5.74) is 7.71. The number of rotatable bonds is 2. The molecule has 0 fully saturated rings. The maximum absolute atomic E-state index is 11.0. The molecule has 0 saturated carbocycles. The minimum Gasteiger partial charge on any atom is -0.462 e. The van der Waals surface area contributed by atoms with Crippen LogP contribution in [0.25, 0.3) is 11.1 Å². The molecule has 2 heterocycles. The average Bonchev–Trinajstić information content (AvgIpc) is 2.59. The van der Waals surface area contributed by atoms with E-state index in [2.05, 4.69) is 4.98 Å². The third kappa shape index (κ3) is 1.25. The van der Waals surface area contributed by atoms with Crippen LogP contribution < -0.4 is 5.73 Å². The van der Waals surface area contributed by atoms with Crippen molar-refractivity contribution in [3.8, 4) is 0 Å². The summed E-state index contributed by atoms with van der Waals surface area (Å²) in [6.45, 7) is 2.03. The van der Waals surface area contributed by atoms with Gasteiger partial charge in [0.15, 0.2) is 5.58 Å². The number of hydrogen-bond acceptors (Lipinski definition) is 3. The number of pyridine rings is 1. The van der Waals surface area contributed by atoms with E-state index in [9.17, 15) is 4.79 Å². The quantitative estimate of drug-likeness (QED) is 0.779. The van der Waals surface area contributed by atoms with Crippen molar-refractivity contribution in [1.29, 1.82) is 0 Å². The summed E-state index contributed by atoms with van der Waals surface area (Å²) in [4.78, 5) is 15.1. The van der Waals surface area contributed by atoms with Gasteiger partial charge in [-0.3, -0.25) is 9.78 Å². The fourth-order valence-corrected chi connectivity index (χ4v) is 1.32. The zero-order valence-corrected chi connectivity index (χ0v) is 7.78. The van der Waals surface area contributed by atoms with Crippen molar-refractivity contribution >= 4 is 17.0 Å². The van der Waals surface area contributed by atoms with Gasteiger partial charge in [-0.05, 0) is 18.1 Å². The zero-order chi connectivity index (χ0) is 10.1. The Labute approximate surface area is 80.7 Å². The van der Waals surface area contributed by atoms with E-state index < -0.39 is 5.91 Å². The molecule has 14 heavy (non-hydrogen) atoms. The van der Waals surface area contributed by atoms with E-state index in [4.69, 9.17) is 10.2 Å². The van der Waals surface area contributed by atoms with Crippen LogP contribution in [-0.4, -0.2) is 10.9 Å². The van der Waals surface area contributed by atoms with Crippen molar-refractivity contribution in [1.82, 2.24) is 4.98 Å². The molecular weight excluding hydrogens is 180 g/mol. The van der Waals surface area contributed by atoms with E-state index in [1.807, 2.05) is 13.0 Å². The molecule has 0 aliphatic carbocycles. The van der Waals surface area contributed by atoms with E-state index in [1.165, 1.54) is 6.26 Å². The summed E-state index contributed by atoms with van der Waals surface area (Å²) in [6, 6.07) is 1.87. The van der Waals surface area contributed by atoms with Gasteiger partial charge in [0.1, 0.15) is 17.3 Å². The Balaban J connectivity index is 2.65. The van der Waals surface area contributed by atoms with Crippen LogP contribution >= 0.6 is 0 Å². The molecule has 0 atom stereocenters. The molecule has 0 unspecified atom stereocenters. The van der Waals surface area contributed by atoms with Crippen molar-refractivity contribution in [2.45, 2.75) is 13.3 Å². The molecule has 1 amide bonds. The van der Waals surface area contributed by atoms with Crippen molar-refractivity contribution in [2.75, 3.05) is 0 Å². The fourth-order valence-electron chi connectivity index (χ4n) is 1.32. The molecule has 4 nitrogen and oxygen atoms in total. The molecule has 2 aromatic heterocycles. The van der Waals surface area contributed by atoms with Gasteiger partial charge in [0.05, 0.1) is 0 Å². The molecule has 0 radical (unpaired) electrons. The number of aromatic nitrogens is 1. The second-order valence-electron chi connectivity index (χ2n) is 3.06. The lowest BCUT2D eigenvalue weighted by atomic mass is 10.2. The van der Waals surface area contributed by atoms with Crippen LogP contribution in [0.4, 0.5) is 0 Å². The topological polar surface area (TPSA) is 69.1 Å². The van der Waals surface area contributed by atoms with Gasteiger partial charge in [0.25, 0.3) is 5.91 Å². The Kier molecular flexibility index (Phi) is 1.96. The molecule has 2 N–H and O–H groups in total. The second kappa shape index (κ2) is 3.14. The Morgan fingerprint density at radius 3 is 3.07 bits per heavy atom. The van der Waals surface area contributed by atoms with Crippen molar-refractivity contribution in [2.24, 2.45) is 5.73 Å². The highest BCUT2D eigenvalue weighted by Gasteiger charge is 2.11. The summed E-state index contributed by atoms with van der Waals surface area (Å²) in [5, 5.41) is 0. The smallest absolute Gasteiger partial charge is 0.254 e. The minimum absolute atomic E-state index is 0.336. The van der Waals surface area contributed by atoms with E-state index in [1.54, 1.807) is 6.20 Å². The number of nitrogens with two attached hydrogens (primary N) is 1. The Morgan fingerprint density at radius 2 is 2.43 bits per heavy atom. The van der Waals surface area contributed by atoms with E-state index in [-0.39, 0.29) is 0 Å². The van der Waals surface area contributed by atoms with Crippen LogP contribution in [0.15, 0.2) is 22.9 Å². The number of carbonyl (C=O) groups is 1. The van der Waals surface area contributed by atoms with E-state index >= 15 is 0 Å². The van der Waals surface area contributed by atoms with Gasteiger partial charge in [-0.1, -0.05) is 6.92 Å². The zero-order valence-electron chi connectivity index (χ0n) is 7.78. The van der Waals surface area contributed by atoms with Crippen LogP contribution in [0.3, 0.4) is 0 Å². The third-order valence-electron chi connectivity index (χ3n) is 2.14. The molecule has 0 saturated heterocycles. The molecule has 2 rings (SSSR count). The number of hydrogen-bond donors (Lipinski definition) is 1. The first kappa shape index (κ1) is 8.74. The lowest BCUT2D eigenvalue weighted by Gasteiger charge is -1.94. The van der Waals surface area contributed by atoms with Crippen molar-refractivity contribution in [3.05, 3.63) is 29.7 Å². The first-order valence-electron chi connectivity index (χ1n) is 4.38. The lowest BCUT2D eigenvalue weighted by Crippen LogP contribution is -2.10. The maximum atomic E-state index is 11.0. The van der Waals surface area contributed by atoms with Crippen molar-refractivity contribution in [3.63, 3.8) is 0 Å². The predicted molar refractivity (Wildman–Crippen MR) is 51.9 cm³/mol. The number of furan rings is 1. The second-order valence-corrected chi connectivity index (χ2v) is 3.06. The summed E-state index contributed by atoms with van der Waals surface area (Å²) in [7, 11) is 0. The molecule has 0 aliphatic rings. The molecule has 0 aromatic carbocycles. The van der Waals surface area contributed by atoms with E-state index in [0.29, 0.717) is 16.7 Å². The number of nitrogens with zero attached hydrogens (tertiary/aromatic N) is 1. The van der Waals surface area contributed by atoms with Gasteiger partial charge >= 0.3 is 0 Å². The van der Waals surface area contributed by atoms with Crippen LogP contribution in [0.2, 0.25) is 0 Å². The lowest BCUT2D eigenvalue weighted by molar-refractivity contribution is 0.100.